The fraction of sp³-hybridized carbons (Fsp3) is 0.440. The highest BCUT2D eigenvalue weighted by molar-refractivity contribution is 5.86. The summed E-state index contributed by atoms with van der Waals surface area (Å²) in [6.45, 7) is 5.32. The Labute approximate surface area is 206 Å². The number of nitriles is 1. The Morgan fingerprint density at radius 3 is 2.47 bits per heavy atom. The predicted octanol–water partition coefficient (Wildman–Crippen LogP) is 3.51. The number of ether oxygens (including phenoxy) is 1. The molecule has 1 fully saturated rings. The molecule has 8 nitrogen and oxygen atoms in total. The topological polar surface area (TPSA) is 87.3 Å². The van der Waals surface area contributed by atoms with Gasteiger partial charge in [-0.25, -0.2) is 9.78 Å². The van der Waals surface area contributed by atoms with E-state index in [1.165, 1.54) is 16.7 Å². The van der Waals surface area contributed by atoms with E-state index in [0.717, 1.165) is 17.7 Å². The summed E-state index contributed by atoms with van der Waals surface area (Å²) < 4.78 is 45.9. The monoisotopic (exact) mass is 500 g/mol. The maximum Gasteiger partial charge on any atom is 0.416 e. The van der Waals surface area contributed by atoms with Gasteiger partial charge in [-0.05, 0) is 43.7 Å². The first-order valence-corrected chi connectivity index (χ1v) is 11.5. The number of hydrogen-bond donors (Lipinski definition) is 0. The van der Waals surface area contributed by atoms with Gasteiger partial charge in [0.1, 0.15) is 17.3 Å². The van der Waals surface area contributed by atoms with Crippen molar-refractivity contribution in [2.24, 2.45) is 7.05 Å². The lowest BCUT2D eigenvalue weighted by atomic mass is 9.99. The zero-order valence-electron chi connectivity index (χ0n) is 20.5. The SMILES string of the molecule is COC[C@H]1CN(C(C)c2ccc(C(F)(F)F)cc2)[C@H](C)CN1c1nc(=O)n(C)c2ccc(C#N)nc12. The molecule has 1 unspecified atom stereocenters. The van der Waals surface area contributed by atoms with E-state index in [2.05, 4.69) is 14.9 Å². The number of aryl methyl sites for hydroxylation is 1. The number of benzene rings is 1. The predicted molar refractivity (Wildman–Crippen MR) is 129 cm³/mol. The van der Waals surface area contributed by atoms with Crippen LogP contribution in [0.3, 0.4) is 0 Å². The van der Waals surface area contributed by atoms with Crippen LogP contribution in [0.5, 0.6) is 0 Å². The number of halogens is 3. The molecule has 0 bridgehead atoms. The van der Waals surface area contributed by atoms with Crippen LogP contribution in [0.15, 0.2) is 41.2 Å². The Hall–Kier alpha value is -3.49. The van der Waals surface area contributed by atoms with Crippen molar-refractivity contribution in [3.63, 3.8) is 0 Å². The van der Waals surface area contributed by atoms with Crippen LogP contribution in [-0.4, -0.2) is 58.3 Å². The van der Waals surface area contributed by atoms with Gasteiger partial charge in [0.2, 0.25) is 0 Å². The fourth-order valence-corrected chi connectivity index (χ4v) is 4.81. The van der Waals surface area contributed by atoms with Crippen molar-refractivity contribution in [3.05, 3.63) is 63.7 Å². The van der Waals surface area contributed by atoms with Gasteiger partial charge >= 0.3 is 11.9 Å². The van der Waals surface area contributed by atoms with Gasteiger partial charge in [0.05, 0.1) is 23.7 Å². The molecular formula is C25H27F3N6O2. The number of alkyl halides is 3. The molecule has 1 saturated heterocycles. The zero-order valence-corrected chi connectivity index (χ0v) is 20.5. The van der Waals surface area contributed by atoms with Crippen LogP contribution < -0.4 is 10.6 Å². The minimum absolute atomic E-state index is 0.0320. The molecule has 3 aromatic rings. The number of aromatic nitrogens is 3. The van der Waals surface area contributed by atoms with Crippen molar-refractivity contribution in [3.8, 4) is 6.07 Å². The summed E-state index contributed by atoms with van der Waals surface area (Å²) in [6.07, 6.45) is -4.38. The van der Waals surface area contributed by atoms with E-state index in [9.17, 15) is 23.2 Å². The maximum absolute atomic E-state index is 13.0. The van der Waals surface area contributed by atoms with E-state index < -0.39 is 17.4 Å². The molecule has 1 aliphatic heterocycles. The summed E-state index contributed by atoms with van der Waals surface area (Å²) in [7, 11) is 3.19. The largest absolute Gasteiger partial charge is 0.416 e. The molecule has 0 spiro atoms. The van der Waals surface area contributed by atoms with Crippen molar-refractivity contribution in [2.45, 2.75) is 38.1 Å². The van der Waals surface area contributed by atoms with E-state index in [-0.39, 0.29) is 23.8 Å². The van der Waals surface area contributed by atoms with Gasteiger partial charge in [-0.2, -0.15) is 23.4 Å². The quantitative estimate of drug-likeness (QED) is 0.530. The van der Waals surface area contributed by atoms with Gasteiger partial charge in [0.15, 0.2) is 5.82 Å². The summed E-state index contributed by atoms with van der Waals surface area (Å²) in [5.74, 6) is 0.390. The number of piperazine rings is 1. The van der Waals surface area contributed by atoms with Gasteiger partial charge in [-0.3, -0.25) is 9.47 Å². The number of fused-ring (bicyclic) bond motifs is 1. The van der Waals surface area contributed by atoms with Crippen molar-refractivity contribution >= 4 is 16.9 Å². The number of nitrogens with zero attached hydrogens (tertiary/aromatic N) is 6. The number of pyridine rings is 1. The summed E-state index contributed by atoms with van der Waals surface area (Å²) >= 11 is 0. The first kappa shape index (κ1) is 25.6. The molecular weight excluding hydrogens is 473 g/mol. The van der Waals surface area contributed by atoms with Crippen LogP contribution in [0.25, 0.3) is 11.0 Å². The molecule has 0 aliphatic carbocycles. The average molecular weight is 501 g/mol. The molecule has 0 radical (unpaired) electrons. The Balaban J connectivity index is 1.69. The number of methoxy groups -OCH3 is 1. The molecule has 4 rings (SSSR count). The van der Waals surface area contributed by atoms with Gasteiger partial charge in [0.25, 0.3) is 0 Å². The molecule has 2 aromatic heterocycles. The number of hydrogen-bond acceptors (Lipinski definition) is 7. The molecule has 0 N–H and O–H groups in total. The highest BCUT2D eigenvalue weighted by Crippen LogP contribution is 2.34. The van der Waals surface area contributed by atoms with Crippen LogP contribution in [0.4, 0.5) is 19.0 Å². The first-order chi connectivity index (χ1) is 17.0. The van der Waals surface area contributed by atoms with Crippen molar-refractivity contribution < 1.29 is 17.9 Å². The minimum Gasteiger partial charge on any atom is -0.383 e. The Bertz CT molecular complexity index is 1350. The normalized spacial score (nSPS) is 19.9. The lowest BCUT2D eigenvalue weighted by Crippen LogP contribution is -2.60. The molecule has 0 amide bonds. The second-order valence-corrected chi connectivity index (χ2v) is 9.06. The second kappa shape index (κ2) is 9.87. The highest BCUT2D eigenvalue weighted by Gasteiger charge is 2.37. The van der Waals surface area contributed by atoms with Gasteiger partial charge in [-0.1, -0.05) is 12.1 Å². The van der Waals surface area contributed by atoms with Crippen LogP contribution >= 0.6 is 0 Å². The van der Waals surface area contributed by atoms with Crippen molar-refractivity contribution in [1.29, 1.82) is 5.26 Å². The summed E-state index contributed by atoms with van der Waals surface area (Å²) in [5.41, 5.74) is 0.893. The molecule has 3 atom stereocenters. The second-order valence-electron chi connectivity index (χ2n) is 9.06. The smallest absolute Gasteiger partial charge is 0.383 e. The number of anilines is 1. The van der Waals surface area contributed by atoms with Gasteiger partial charge < -0.3 is 9.64 Å². The third-order valence-corrected chi connectivity index (χ3v) is 6.79. The van der Waals surface area contributed by atoms with E-state index in [1.807, 2.05) is 24.8 Å². The van der Waals surface area contributed by atoms with Crippen molar-refractivity contribution in [2.75, 3.05) is 31.7 Å². The first-order valence-electron chi connectivity index (χ1n) is 11.5. The third-order valence-electron chi connectivity index (χ3n) is 6.79. The molecule has 3 heterocycles. The molecule has 0 saturated carbocycles. The lowest BCUT2D eigenvalue weighted by molar-refractivity contribution is -0.137. The summed E-state index contributed by atoms with van der Waals surface area (Å²) in [5, 5.41) is 9.36. The maximum atomic E-state index is 13.0. The molecule has 36 heavy (non-hydrogen) atoms. The summed E-state index contributed by atoms with van der Waals surface area (Å²) in [6, 6.07) is 10.1. The Kier molecular flexibility index (Phi) is 7.02. The lowest BCUT2D eigenvalue weighted by Gasteiger charge is -2.48. The van der Waals surface area contributed by atoms with Crippen LogP contribution in [0.2, 0.25) is 0 Å². The van der Waals surface area contributed by atoms with E-state index in [4.69, 9.17) is 4.74 Å². The van der Waals surface area contributed by atoms with Crippen LogP contribution in [-0.2, 0) is 18.0 Å². The van der Waals surface area contributed by atoms with E-state index in [1.54, 1.807) is 26.3 Å². The number of rotatable bonds is 5. The molecule has 11 heteroatoms. The van der Waals surface area contributed by atoms with E-state index >= 15 is 0 Å². The van der Waals surface area contributed by atoms with E-state index in [0.29, 0.717) is 36.5 Å². The van der Waals surface area contributed by atoms with Crippen LogP contribution in [0, 0.1) is 11.3 Å². The minimum atomic E-state index is -4.38. The van der Waals surface area contributed by atoms with Crippen LogP contribution in [0.1, 0.15) is 36.7 Å². The standard InChI is InChI=1S/C25H27F3N6O2/c1-15-12-34(23-22-21(32(3)24(35)31-23)10-9-19(11-29)30-22)20(14-36-4)13-33(15)16(2)17-5-7-18(8-6-17)25(26,27)28/h5-10,15-16,20H,12-14H2,1-4H3/t15-,16?,20-/m1/s1. The van der Waals surface area contributed by atoms with Gasteiger partial charge in [-0.15, -0.1) is 0 Å². The zero-order chi connectivity index (χ0) is 26.2. The third kappa shape index (κ3) is 4.79. The molecule has 1 aromatic carbocycles. The summed E-state index contributed by atoms with van der Waals surface area (Å²) in [4.78, 5) is 25.6. The molecule has 190 valence electrons. The highest BCUT2D eigenvalue weighted by atomic mass is 19.4. The van der Waals surface area contributed by atoms with Crippen molar-refractivity contribution in [1.82, 2.24) is 19.4 Å². The Morgan fingerprint density at radius 1 is 1.17 bits per heavy atom. The fourth-order valence-electron chi connectivity index (χ4n) is 4.81. The average Bonchev–Trinajstić information content (AvgIpc) is 2.86. The Morgan fingerprint density at radius 2 is 1.86 bits per heavy atom. The molecule has 1 aliphatic rings. The van der Waals surface area contributed by atoms with Gasteiger partial charge in [0, 0.05) is 39.3 Å².